The van der Waals surface area contributed by atoms with E-state index in [0.29, 0.717) is 28.9 Å². The fourth-order valence-electron chi connectivity index (χ4n) is 2.08. The van der Waals surface area contributed by atoms with Crippen LogP contribution in [0.3, 0.4) is 0 Å². The molecule has 25 heavy (non-hydrogen) atoms. The van der Waals surface area contributed by atoms with Gasteiger partial charge in [-0.05, 0) is 29.7 Å². The van der Waals surface area contributed by atoms with Crippen molar-refractivity contribution in [3.05, 3.63) is 28.7 Å². The van der Waals surface area contributed by atoms with Crippen LogP contribution in [0.5, 0.6) is 11.5 Å². The molecule has 1 aliphatic rings. The number of rotatable bonds is 7. The Morgan fingerprint density at radius 1 is 1.40 bits per heavy atom. The summed E-state index contributed by atoms with van der Waals surface area (Å²) in [4.78, 5) is 24.6. The lowest BCUT2D eigenvalue weighted by atomic mass is 10.1. The normalized spacial score (nSPS) is 16.0. The van der Waals surface area contributed by atoms with Crippen molar-refractivity contribution in [2.24, 2.45) is 5.92 Å². The largest absolute Gasteiger partial charge is 0.493 e. The molecular weight excluding hydrogens is 362 g/mol. The minimum absolute atomic E-state index is 0.239. The van der Waals surface area contributed by atoms with E-state index in [0.717, 1.165) is 22.2 Å². The van der Waals surface area contributed by atoms with Gasteiger partial charge in [0, 0.05) is 0 Å². The number of thioether (sulfide) groups is 1. The molecule has 0 aliphatic carbocycles. The van der Waals surface area contributed by atoms with E-state index in [2.05, 4.69) is 0 Å². The van der Waals surface area contributed by atoms with Gasteiger partial charge in [-0.2, -0.15) is 0 Å². The van der Waals surface area contributed by atoms with Crippen LogP contribution in [0.15, 0.2) is 23.1 Å². The molecule has 0 saturated carbocycles. The fourth-order valence-corrected chi connectivity index (χ4v) is 3.33. The van der Waals surface area contributed by atoms with Crippen molar-refractivity contribution < 1.29 is 24.2 Å². The van der Waals surface area contributed by atoms with Crippen LogP contribution < -0.4 is 9.47 Å². The Bertz CT molecular complexity index is 730. The van der Waals surface area contributed by atoms with Crippen LogP contribution in [-0.4, -0.2) is 46.5 Å². The van der Waals surface area contributed by atoms with Gasteiger partial charge in [0.05, 0.1) is 18.6 Å². The quantitative estimate of drug-likeness (QED) is 0.575. The van der Waals surface area contributed by atoms with E-state index in [1.807, 2.05) is 13.8 Å². The number of amides is 1. The number of aliphatic carboxylic acids is 1. The van der Waals surface area contributed by atoms with Crippen molar-refractivity contribution >= 4 is 46.3 Å². The summed E-state index contributed by atoms with van der Waals surface area (Å²) in [5, 5.41) is 8.87. The van der Waals surface area contributed by atoms with Gasteiger partial charge < -0.3 is 14.6 Å². The number of carboxylic acids is 1. The monoisotopic (exact) mass is 381 g/mol. The molecule has 134 valence electrons. The molecule has 1 N–H and O–H groups in total. The van der Waals surface area contributed by atoms with E-state index in [1.54, 1.807) is 31.4 Å². The SMILES string of the molecule is COc1ccc(/C=C2\SC(=S)N(CC(=O)O)C2=O)cc1OCC(C)C. The van der Waals surface area contributed by atoms with E-state index >= 15 is 0 Å². The highest BCUT2D eigenvalue weighted by atomic mass is 32.2. The van der Waals surface area contributed by atoms with E-state index in [-0.39, 0.29) is 4.32 Å². The van der Waals surface area contributed by atoms with Gasteiger partial charge in [-0.1, -0.05) is 43.9 Å². The molecule has 0 atom stereocenters. The molecule has 1 aromatic carbocycles. The highest BCUT2D eigenvalue weighted by Crippen LogP contribution is 2.34. The lowest BCUT2D eigenvalue weighted by Crippen LogP contribution is -2.33. The van der Waals surface area contributed by atoms with Crippen molar-refractivity contribution in [1.82, 2.24) is 4.90 Å². The third-order valence-corrected chi connectivity index (χ3v) is 4.60. The zero-order valence-electron chi connectivity index (χ0n) is 14.1. The second-order valence-electron chi connectivity index (χ2n) is 5.78. The molecule has 0 radical (unpaired) electrons. The number of benzene rings is 1. The number of thiocarbonyl (C=S) groups is 1. The maximum atomic E-state index is 12.3. The summed E-state index contributed by atoms with van der Waals surface area (Å²) in [6.45, 7) is 4.20. The number of methoxy groups -OCH3 is 1. The molecule has 1 aliphatic heterocycles. The lowest BCUT2D eigenvalue weighted by molar-refractivity contribution is -0.140. The minimum Gasteiger partial charge on any atom is -0.493 e. The lowest BCUT2D eigenvalue weighted by Gasteiger charge is -2.13. The van der Waals surface area contributed by atoms with E-state index in [4.69, 9.17) is 26.8 Å². The van der Waals surface area contributed by atoms with Crippen LogP contribution in [0.2, 0.25) is 0 Å². The molecule has 1 aromatic rings. The third-order valence-electron chi connectivity index (χ3n) is 3.22. The summed E-state index contributed by atoms with van der Waals surface area (Å²) >= 11 is 6.17. The van der Waals surface area contributed by atoms with Crippen LogP contribution >= 0.6 is 24.0 Å². The zero-order chi connectivity index (χ0) is 18.6. The van der Waals surface area contributed by atoms with Gasteiger partial charge in [-0.15, -0.1) is 0 Å². The number of nitrogens with zero attached hydrogens (tertiary/aromatic N) is 1. The molecule has 0 aromatic heterocycles. The van der Waals surface area contributed by atoms with Crippen LogP contribution in [0.4, 0.5) is 0 Å². The number of hydrogen-bond acceptors (Lipinski definition) is 6. The molecule has 0 spiro atoms. The minimum atomic E-state index is -1.11. The average Bonchev–Trinajstić information content (AvgIpc) is 2.80. The number of carbonyl (C=O) groups excluding carboxylic acids is 1. The van der Waals surface area contributed by atoms with Crippen molar-refractivity contribution in [3.8, 4) is 11.5 Å². The average molecular weight is 381 g/mol. The second kappa shape index (κ2) is 8.35. The van der Waals surface area contributed by atoms with Crippen molar-refractivity contribution in [2.45, 2.75) is 13.8 Å². The molecule has 1 amide bonds. The molecule has 8 heteroatoms. The van der Waals surface area contributed by atoms with Crippen molar-refractivity contribution in [2.75, 3.05) is 20.3 Å². The predicted octanol–water partition coefficient (Wildman–Crippen LogP) is 3.02. The molecule has 1 fully saturated rings. The summed E-state index contributed by atoms with van der Waals surface area (Å²) in [6.07, 6.45) is 1.67. The Kier molecular flexibility index (Phi) is 6.44. The second-order valence-corrected chi connectivity index (χ2v) is 7.45. The van der Waals surface area contributed by atoms with Gasteiger partial charge in [0.2, 0.25) is 0 Å². The van der Waals surface area contributed by atoms with Gasteiger partial charge >= 0.3 is 5.97 Å². The Morgan fingerprint density at radius 3 is 2.72 bits per heavy atom. The molecule has 2 rings (SSSR count). The number of carbonyl (C=O) groups is 2. The summed E-state index contributed by atoms with van der Waals surface area (Å²) in [6, 6.07) is 5.34. The molecule has 0 bridgehead atoms. The molecular formula is C17H19NO5S2. The smallest absolute Gasteiger partial charge is 0.323 e. The van der Waals surface area contributed by atoms with Gasteiger partial charge in [-0.3, -0.25) is 14.5 Å². The molecule has 0 unspecified atom stereocenters. The first-order valence-corrected chi connectivity index (χ1v) is 8.82. The summed E-state index contributed by atoms with van der Waals surface area (Å²) in [7, 11) is 1.56. The summed E-state index contributed by atoms with van der Waals surface area (Å²) in [5.41, 5.74) is 0.746. The van der Waals surface area contributed by atoms with Crippen LogP contribution in [-0.2, 0) is 9.59 Å². The zero-order valence-corrected chi connectivity index (χ0v) is 15.8. The maximum Gasteiger partial charge on any atom is 0.323 e. The first-order valence-electron chi connectivity index (χ1n) is 7.59. The third kappa shape index (κ3) is 4.96. The number of hydrogen-bond donors (Lipinski definition) is 1. The predicted molar refractivity (Wildman–Crippen MR) is 101 cm³/mol. The number of ether oxygens (including phenoxy) is 2. The Balaban J connectivity index is 2.25. The van der Waals surface area contributed by atoms with Gasteiger partial charge in [0.15, 0.2) is 11.5 Å². The highest BCUT2D eigenvalue weighted by Gasteiger charge is 2.33. The topological polar surface area (TPSA) is 76.1 Å². The maximum absolute atomic E-state index is 12.3. The van der Waals surface area contributed by atoms with Crippen molar-refractivity contribution in [1.29, 1.82) is 0 Å². The van der Waals surface area contributed by atoms with Crippen LogP contribution in [0.1, 0.15) is 19.4 Å². The first kappa shape index (κ1) is 19.3. The van der Waals surface area contributed by atoms with Gasteiger partial charge in [-0.25, -0.2) is 0 Å². The molecule has 6 nitrogen and oxygen atoms in total. The first-order chi connectivity index (χ1) is 11.8. The Hall–Kier alpha value is -2.06. The van der Waals surface area contributed by atoms with Gasteiger partial charge in [0.25, 0.3) is 5.91 Å². The molecule has 1 heterocycles. The van der Waals surface area contributed by atoms with Crippen LogP contribution in [0.25, 0.3) is 6.08 Å². The van der Waals surface area contributed by atoms with E-state index in [9.17, 15) is 9.59 Å². The molecule has 1 saturated heterocycles. The van der Waals surface area contributed by atoms with Gasteiger partial charge in [0.1, 0.15) is 10.9 Å². The van der Waals surface area contributed by atoms with E-state index in [1.165, 1.54) is 0 Å². The Morgan fingerprint density at radius 2 is 2.12 bits per heavy atom. The van der Waals surface area contributed by atoms with Crippen LogP contribution in [0, 0.1) is 5.92 Å². The number of carboxylic acid groups (broad SMARTS) is 1. The fraction of sp³-hybridized carbons (Fsp3) is 0.353. The summed E-state index contributed by atoms with van der Waals surface area (Å²) < 4.78 is 11.3. The van der Waals surface area contributed by atoms with E-state index < -0.39 is 18.4 Å². The van der Waals surface area contributed by atoms with Crippen molar-refractivity contribution in [3.63, 3.8) is 0 Å². The Labute approximate surface area is 155 Å². The highest BCUT2D eigenvalue weighted by molar-refractivity contribution is 8.26. The standard InChI is InChI=1S/C17H19NO5S2/c1-10(2)9-23-13-6-11(4-5-12(13)22-3)7-14-16(21)18(8-15(19)20)17(24)25-14/h4-7,10H,8-9H2,1-3H3,(H,19,20)/b14-7-. The summed E-state index contributed by atoms with van der Waals surface area (Å²) in [5.74, 6) is 0.0482.